The summed E-state index contributed by atoms with van der Waals surface area (Å²) in [6.07, 6.45) is 4.22. The molecule has 1 aliphatic heterocycles. The quantitative estimate of drug-likeness (QED) is 0.517. The third kappa shape index (κ3) is 4.42. The number of rotatable bonds is 2. The van der Waals surface area contributed by atoms with E-state index < -0.39 is 6.10 Å². The van der Waals surface area contributed by atoms with Crippen molar-refractivity contribution in [3.63, 3.8) is 0 Å². The molecule has 34 heavy (non-hydrogen) atoms. The van der Waals surface area contributed by atoms with Crippen LogP contribution in [0.25, 0.3) is 11.3 Å². The Kier molecular flexibility index (Phi) is 5.85. The molecular formula is C26H28FN5OS. The van der Waals surface area contributed by atoms with Crippen molar-refractivity contribution < 1.29 is 9.13 Å². The Hall–Kier alpha value is -3.26. The van der Waals surface area contributed by atoms with Crippen molar-refractivity contribution in [3.8, 4) is 17.0 Å². The Balaban J connectivity index is 1.76. The van der Waals surface area contributed by atoms with Gasteiger partial charge in [-0.2, -0.15) is 0 Å². The smallest absolute Gasteiger partial charge is 0.166 e. The van der Waals surface area contributed by atoms with Crippen LogP contribution in [0.4, 0.5) is 10.2 Å². The number of allylic oxidation sites excluding steroid dienone is 2. The number of aliphatic imine (C=N–C) groups is 1. The molecule has 1 unspecified atom stereocenters. The van der Waals surface area contributed by atoms with Crippen LogP contribution in [0.3, 0.4) is 0 Å². The molecule has 1 saturated carbocycles. The Morgan fingerprint density at radius 3 is 2.82 bits per heavy atom. The lowest BCUT2D eigenvalue weighted by atomic mass is 9.94. The van der Waals surface area contributed by atoms with Crippen molar-refractivity contribution in [2.75, 3.05) is 12.3 Å². The lowest BCUT2D eigenvalue weighted by Crippen LogP contribution is -2.17. The highest BCUT2D eigenvalue weighted by atomic mass is 32.1. The van der Waals surface area contributed by atoms with Gasteiger partial charge in [-0.25, -0.2) is 14.4 Å². The number of fused-ring (bicyclic) bond motifs is 5. The van der Waals surface area contributed by atoms with Gasteiger partial charge in [-0.15, -0.1) is 11.3 Å². The average Bonchev–Trinajstić information content (AvgIpc) is 3.55. The minimum Gasteiger partial charge on any atom is -0.482 e. The fourth-order valence-corrected chi connectivity index (χ4v) is 5.23. The molecule has 1 aliphatic carbocycles. The topological polar surface area (TPSA) is 99.4 Å². The molecule has 8 heteroatoms. The van der Waals surface area contributed by atoms with Gasteiger partial charge < -0.3 is 16.2 Å². The van der Waals surface area contributed by atoms with E-state index in [1.165, 1.54) is 25.0 Å². The highest BCUT2D eigenvalue weighted by Crippen LogP contribution is 2.39. The van der Waals surface area contributed by atoms with Gasteiger partial charge >= 0.3 is 0 Å². The molecule has 3 heterocycles. The number of pyridine rings is 1. The first-order valence-electron chi connectivity index (χ1n) is 11.5. The number of ether oxygens (including phenoxy) is 1. The minimum atomic E-state index is -0.475. The number of hydrogen-bond donors (Lipinski definition) is 2. The largest absolute Gasteiger partial charge is 0.482 e. The zero-order chi connectivity index (χ0) is 24.0. The van der Waals surface area contributed by atoms with E-state index in [1.54, 1.807) is 23.6 Å². The van der Waals surface area contributed by atoms with E-state index in [9.17, 15) is 4.39 Å². The van der Waals surface area contributed by atoms with Crippen molar-refractivity contribution in [1.29, 1.82) is 0 Å². The lowest BCUT2D eigenvalue weighted by molar-refractivity contribution is 0.227. The van der Waals surface area contributed by atoms with Gasteiger partial charge in [0.1, 0.15) is 11.9 Å². The number of aromatic nitrogens is 2. The number of aryl methyl sites for hydroxylation is 1. The van der Waals surface area contributed by atoms with E-state index in [2.05, 4.69) is 4.98 Å². The molecule has 0 saturated heterocycles. The van der Waals surface area contributed by atoms with Crippen molar-refractivity contribution in [2.24, 2.45) is 16.6 Å². The third-order valence-corrected chi connectivity index (χ3v) is 7.24. The van der Waals surface area contributed by atoms with Crippen LogP contribution in [-0.2, 0) is 6.42 Å². The minimum absolute atomic E-state index is 0.271. The molecule has 2 aromatic heterocycles. The van der Waals surface area contributed by atoms with Crippen molar-refractivity contribution in [3.05, 3.63) is 68.6 Å². The fourth-order valence-electron chi connectivity index (χ4n) is 4.27. The van der Waals surface area contributed by atoms with Gasteiger partial charge in [-0.05, 0) is 63.8 Å². The number of nitrogens with zero attached hydrogens (tertiary/aromatic N) is 3. The fraction of sp³-hybridized carbons (Fsp3) is 0.346. The normalized spacial score (nSPS) is 20.6. The molecule has 5 rings (SSSR count). The molecule has 0 amide bonds. The van der Waals surface area contributed by atoms with Crippen LogP contribution >= 0.6 is 11.3 Å². The van der Waals surface area contributed by atoms with Gasteiger partial charge in [-0.1, -0.05) is 0 Å². The zero-order valence-electron chi connectivity index (χ0n) is 19.6. The standard InChI is InChI=1S/C26H28FN5OS/c1-13(28)20-10-23-25(32-15(3)34-23)19-7-6-18(27)9-21(19)14(2)33-22-8-17(12-31-26(22)29)24(20)30-11-16-4-5-16/h6-9,12,14,16H,4-5,10-11,28H2,1-3H3,(H2,29,31). The van der Waals surface area contributed by atoms with E-state index >= 15 is 0 Å². The van der Waals surface area contributed by atoms with E-state index in [4.69, 9.17) is 26.2 Å². The summed E-state index contributed by atoms with van der Waals surface area (Å²) >= 11 is 1.62. The van der Waals surface area contributed by atoms with E-state index in [0.29, 0.717) is 29.3 Å². The molecule has 1 atom stereocenters. The summed E-state index contributed by atoms with van der Waals surface area (Å²) in [6.45, 7) is 6.51. The molecule has 2 aliphatic rings. The van der Waals surface area contributed by atoms with Gasteiger partial charge in [-0.3, -0.25) is 4.99 Å². The average molecular weight is 478 g/mol. The van der Waals surface area contributed by atoms with Crippen molar-refractivity contribution >= 4 is 22.9 Å². The highest BCUT2D eigenvalue weighted by molar-refractivity contribution is 7.12. The van der Waals surface area contributed by atoms with Crippen LogP contribution in [0.15, 0.2) is 46.7 Å². The first-order valence-corrected chi connectivity index (χ1v) is 12.3. The van der Waals surface area contributed by atoms with Crippen molar-refractivity contribution in [1.82, 2.24) is 9.97 Å². The molecule has 0 spiro atoms. The number of nitrogens with two attached hydrogens (primary N) is 2. The first kappa shape index (κ1) is 22.5. The molecule has 1 fully saturated rings. The molecule has 6 nitrogen and oxygen atoms in total. The van der Waals surface area contributed by atoms with Gasteiger partial charge in [0.05, 0.1) is 16.4 Å². The summed E-state index contributed by atoms with van der Waals surface area (Å²) in [5.41, 5.74) is 18.2. The second-order valence-corrected chi connectivity index (χ2v) is 10.4. The number of anilines is 1. The Labute approximate surface area is 202 Å². The van der Waals surface area contributed by atoms with Gasteiger partial charge in [0.15, 0.2) is 11.6 Å². The molecule has 0 radical (unpaired) electrons. The highest BCUT2D eigenvalue weighted by Gasteiger charge is 2.26. The van der Waals surface area contributed by atoms with Gasteiger partial charge in [0, 0.05) is 52.0 Å². The number of halogens is 1. The summed E-state index contributed by atoms with van der Waals surface area (Å²) in [5, 5.41) is 0.931. The molecule has 176 valence electrons. The molecule has 3 aromatic rings. The van der Waals surface area contributed by atoms with Crippen LogP contribution in [0.2, 0.25) is 0 Å². The van der Waals surface area contributed by atoms with Crippen LogP contribution < -0.4 is 16.2 Å². The zero-order valence-corrected chi connectivity index (χ0v) is 20.4. The summed E-state index contributed by atoms with van der Waals surface area (Å²) in [4.78, 5) is 15.3. The van der Waals surface area contributed by atoms with E-state index in [-0.39, 0.29) is 11.6 Å². The summed E-state index contributed by atoms with van der Waals surface area (Å²) in [6, 6.07) is 6.60. The van der Waals surface area contributed by atoms with Gasteiger partial charge in [0.25, 0.3) is 0 Å². The number of hydrogen-bond acceptors (Lipinski definition) is 7. The first-order chi connectivity index (χ1) is 16.3. The van der Waals surface area contributed by atoms with Crippen LogP contribution in [0, 0.1) is 18.7 Å². The summed E-state index contributed by atoms with van der Waals surface area (Å²) < 4.78 is 20.6. The van der Waals surface area contributed by atoms with Crippen LogP contribution in [0.5, 0.6) is 5.75 Å². The summed E-state index contributed by atoms with van der Waals surface area (Å²) in [7, 11) is 0. The van der Waals surface area contributed by atoms with Gasteiger partial charge in [0.2, 0.25) is 0 Å². The molecule has 1 aromatic carbocycles. The second kappa shape index (κ2) is 8.83. The number of nitrogen functional groups attached to an aromatic ring is 1. The maximum absolute atomic E-state index is 14.3. The van der Waals surface area contributed by atoms with E-state index in [1.807, 2.05) is 26.8 Å². The predicted octanol–water partition coefficient (Wildman–Crippen LogP) is 5.36. The third-order valence-electron chi connectivity index (χ3n) is 6.27. The maximum Gasteiger partial charge on any atom is 0.166 e. The van der Waals surface area contributed by atoms with Crippen LogP contribution in [-0.4, -0.2) is 22.2 Å². The predicted molar refractivity (Wildman–Crippen MR) is 135 cm³/mol. The number of benzene rings is 1. The maximum atomic E-state index is 14.3. The lowest BCUT2D eigenvalue weighted by Gasteiger charge is -2.22. The number of thiazole rings is 1. The molecular weight excluding hydrogens is 449 g/mol. The monoisotopic (exact) mass is 477 g/mol. The Morgan fingerprint density at radius 1 is 1.29 bits per heavy atom. The Morgan fingerprint density at radius 2 is 2.09 bits per heavy atom. The molecule has 4 N–H and O–H groups in total. The van der Waals surface area contributed by atoms with Crippen molar-refractivity contribution in [2.45, 2.75) is 46.1 Å². The second-order valence-electron chi connectivity index (χ2n) is 9.07. The Bertz CT molecular complexity index is 1320. The van der Waals surface area contributed by atoms with E-state index in [0.717, 1.165) is 44.5 Å². The SMILES string of the molecule is CC(N)=C1Cc2sc(C)nc2-c2ccc(F)cc2C(C)Oc2cc(cnc2N)C1=NCC1CC1. The van der Waals surface area contributed by atoms with Crippen LogP contribution in [0.1, 0.15) is 53.8 Å². The summed E-state index contributed by atoms with van der Waals surface area (Å²) in [5.74, 6) is 0.993. The molecule has 2 bridgehead atoms.